The van der Waals surface area contributed by atoms with Crippen molar-refractivity contribution in [2.45, 2.75) is 6.92 Å². The molecular weight excluding hydrogens is 154 g/mol. The largest absolute Gasteiger partial charge is 0.352 e. The topological polar surface area (TPSA) is 46.1 Å². The van der Waals surface area contributed by atoms with Crippen LogP contribution < -0.4 is 10.7 Å². The Balaban J connectivity index is 2.68. The molecule has 0 atom stereocenters. The molecule has 2 N–H and O–H groups in total. The first kappa shape index (κ1) is 8.64. The second-order valence-corrected chi connectivity index (χ2v) is 2.39. The lowest BCUT2D eigenvalue weighted by molar-refractivity contribution is 0.0956. The summed E-state index contributed by atoms with van der Waals surface area (Å²) in [5.74, 6) is -0.0356. The summed E-state index contributed by atoms with van der Waals surface area (Å²) in [4.78, 5) is 11.2. The zero-order valence-electron chi connectivity index (χ0n) is 7.29. The summed E-state index contributed by atoms with van der Waals surface area (Å²) in [6, 6.07) is 1.77. The molecule has 0 aromatic carbocycles. The highest BCUT2D eigenvalue weighted by atomic mass is 16.1. The Labute approximate surface area is 71.5 Å². The fourth-order valence-corrected chi connectivity index (χ4v) is 0.933. The van der Waals surface area contributed by atoms with Crippen molar-refractivity contribution in [3.05, 3.63) is 24.0 Å². The molecule has 0 unspecified atom stereocenters. The highest BCUT2D eigenvalue weighted by Crippen LogP contribution is 1.98. The van der Waals surface area contributed by atoms with Gasteiger partial charge >= 0.3 is 0 Å². The van der Waals surface area contributed by atoms with Crippen LogP contribution in [0.5, 0.6) is 0 Å². The van der Waals surface area contributed by atoms with Crippen molar-refractivity contribution in [2.24, 2.45) is 0 Å². The summed E-state index contributed by atoms with van der Waals surface area (Å²) < 4.78 is 1.73. The molecule has 1 amide bonds. The normalized spacial score (nSPS) is 9.50. The lowest BCUT2D eigenvalue weighted by Gasteiger charge is -1.99. The number of nitrogens with one attached hydrogen (secondary N) is 2. The van der Waals surface area contributed by atoms with Crippen molar-refractivity contribution in [1.82, 2.24) is 9.99 Å². The predicted molar refractivity (Wildman–Crippen MR) is 47.7 cm³/mol. The molecule has 66 valence electrons. The van der Waals surface area contributed by atoms with E-state index in [0.717, 1.165) is 0 Å². The van der Waals surface area contributed by atoms with Gasteiger partial charge in [-0.25, -0.2) is 0 Å². The molecule has 12 heavy (non-hydrogen) atoms. The van der Waals surface area contributed by atoms with Crippen LogP contribution in [0.1, 0.15) is 17.3 Å². The van der Waals surface area contributed by atoms with Crippen molar-refractivity contribution in [3.63, 3.8) is 0 Å². The van der Waals surface area contributed by atoms with Crippen LogP contribution in [0, 0.1) is 0 Å². The standard InChI is InChI=1S/C8H13N3O/c1-3-10-8(12)7-4-5-11(6-7)9-2/h4-6,9H,3H2,1-2H3,(H,10,12). The van der Waals surface area contributed by atoms with Crippen LogP contribution >= 0.6 is 0 Å². The van der Waals surface area contributed by atoms with Crippen LogP contribution in [-0.4, -0.2) is 24.2 Å². The summed E-state index contributed by atoms with van der Waals surface area (Å²) in [5, 5.41) is 2.72. The summed E-state index contributed by atoms with van der Waals surface area (Å²) in [5.41, 5.74) is 3.55. The molecular formula is C8H13N3O. The van der Waals surface area contributed by atoms with Crippen LogP contribution in [-0.2, 0) is 0 Å². The maximum Gasteiger partial charge on any atom is 0.252 e. The highest BCUT2D eigenvalue weighted by Gasteiger charge is 2.04. The smallest absolute Gasteiger partial charge is 0.252 e. The van der Waals surface area contributed by atoms with E-state index in [-0.39, 0.29) is 5.91 Å². The molecule has 0 saturated heterocycles. The first-order valence-electron chi connectivity index (χ1n) is 3.92. The minimum Gasteiger partial charge on any atom is -0.352 e. The SMILES string of the molecule is CCNC(=O)c1ccn(NC)c1. The maximum atomic E-state index is 11.2. The molecule has 4 nitrogen and oxygen atoms in total. The molecule has 0 aliphatic heterocycles. The molecule has 0 aliphatic carbocycles. The molecule has 1 heterocycles. The molecule has 1 rings (SSSR count). The predicted octanol–water partition coefficient (Wildman–Crippen LogP) is 0.411. The van der Waals surface area contributed by atoms with Crippen molar-refractivity contribution >= 4 is 5.91 Å². The minimum atomic E-state index is -0.0356. The van der Waals surface area contributed by atoms with E-state index in [4.69, 9.17) is 0 Å². The third-order valence-corrected chi connectivity index (χ3v) is 1.55. The zero-order chi connectivity index (χ0) is 8.97. The Morgan fingerprint density at radius 2 is 2.42 bits per heavy atom. The monoisotopic (exact) mass is 167 g/mol. The third-order valence-electron chi connectivity index (χ3n) is 1.55. The van der Waals surface area contributed by atoms with Crippen LogP contribution in [0.15, 0.2) is 18.5 Å². The first-order chi connectivity index (χ1) is 5.77. The summed E-state index contributed by atoms with van der Waals surface area (Å²) >= 11 is 0. The number of hydrogen-bond acceptors (Lipinski definition) is 2. The third kappa shape index (κ3) is 1.78. The lowest BCUT2D eigenvalue weighted by atomic mass is 10.3. The number of aromatic nitrogens is 1. The quantitative estimate of drug-likeness (QED) is 0.685. The van der Waals surface area contributed by atoms with E-state index in [2.05, 4.69) is 10.7 Å². The molecule has 0 radical (unpaired) electrons. The van der Waals surface area contributed by atoms with E-state index >= 15 is 0 Å². The van der Waals surface area contributed by atoms with Crippen LogP contribution in [0.25, 0.3) is 0 Å². The number of hydrogen-bond donors (Lipinski definition) is 2. The van der Waals surface area contributed by atoms with Gasteiger partial charge in [-0.05, 0) is 13.0 Å². The van der Waals surface area contributed by atoms with Crippen molar-refractivity contribution < 1.29 is 4.79 Å². The van der Waals surface area contributed by atoms with Gasteiger partial charge in [-0.3, -0.25) is 9.47 Å². The van der Waals surface area contributed by atoms with Gasteiger partial charge in [-0.15, -0.1) is 0 Å². The van der Waals surface area contributed by atoms with Gasteiger partial charge in [0.15, 0.2) is 0 Å². The Kier molecular flexibility index (Phi) is 2.74. The van der Waals surface area contributed by atoms with E-state index in [1.165, 1.54) is 0 Å². The molecule has 1 aromatic rings. The number of amides is 1. The highest BCUT2D eigenvalue weighted by molar-refractivity contribution is 5.93. The van der Waals surface area contributed by atoms with Gasteiger partial charge in [-0.1, -0.05) is 0 Å². The van der Waals surface area contributed by atoms with Gasteiger partial charge in [0, 0.05) is 26.0 Å². The Hall–Kier alpha value is -1.45. The molecule has 1 aromatic heterocycles. The molecule has 0 aliphatic rings. The molecule has 0 bridgehead atoms. The summed E-state index contributed by atoms with van der Waals surface area (Å²) in [7, 11) is 1.79. The average Bonchev–Trinajstić information content (AvgIpc) is 2.52. The minimum absolute atomic E-state index is 0.0356. The van der Waals surface area contributed by atoms with Crippen LogP contribution in [0.3, 0.4) is 0 Å². The van der Waals surface area contributed by atoms with Crippen LogP contribution in [0.2, 0.25) is 0 Å². The number of nitrogens with zero attached hydrogens (tertiary/aromatic N) is 1. The lowest BCUT2D eigenvalue weighted by Crippen LogP contribution is -2.22. The van der Waals surface area contributed by atoms with Gasteiger partial charge in [0.05, 0.1) is 5.56 Å². The molecule has 0 saturated carbocycles. The first-order valence-corrected chi connectivity index (χ1v) is 3.92. The van der Waals surface area contributed by atoms with E-state index in [0.29, 0.717) is 12.1 Å². The maximum absolute atomic E-state index is 11.2. The van der Waals surface area contributed by atoms with Gasteiger partial charge < -0.3 is 10.7 Å². The van der Waals surface area contributed by atoms with Gasteiger partial charge in [0.25, 0.3) is 5.91 Å². The van der Waals surface area contributed by atoms with Crippen molar-refractivity contribution in [1.29, 1.82) is 0 Å². The van der Waals surface area contributed by atoms with E-state index < -0.39 is 0 Å². The van der Waals surface area contributed by atoms with Crippen molar-refractivity contribution in [2.75, 3.05) is 19.0 Å². The van der Waals surface area contributed by atoms with E-state index in [9.17, 15) is 4.79 Å². The molecule has 4 heteroatoms. The summed E-state index contributed by atoms with van der Waals surface area (Å²) in [6.45, 7) is 2.55. The van der Waals surface area contributed by atoms with Gasteiger partial charge in [0.1, 0.15) is 0 Å². The Morgan fingerprint density at radius 3 is 2.92 bits per heavy atom. The fourth-order valence-electron chi connectivity index (χ4n) is 0.933. The number of rotatable bonds is 3. The van der Waals surface area contributed by atoms with E-state index in [1.54, 1.807) is 30.2 Å². The Morgan fingerprint density at radius 1 is 1.67 bits per heavy atom. The van der Waals surface area contributed by atoms with Gasteiger partial charge in [0.2, 0.25) is 0 Å². The number of carbonyl (C=O) groups excluding carboxylic acids is 1. The second kappa shape index (κ2) is 3.80. The average molecular weight is 167 g/mol. The number of carbonyl (C=O) groups is 1. The van der Waals surface area contributed by atoms with Crippen molar-refractivity contribution in [3.8, 4) is 0 Å². The van der Waals surface area contributed by atoms with Crippen LogP contribution in [0.4, 0.5) is 0 Å². The Bertz CT molecular complexity index is 267. The zero-order valence-corrected chi connectivity index (χ0v) is 7.29. The second-order valence-electron chi connectivity index (χ2n) is 2.39. The van der Waals surface area contributed by atoms with E-state index in [1.807, 2.05) is 6.92 Å². The van der Waals surface area contributed by atoms with Gasteiger partial charge in [-0.2, -0.15) is 0 Å². The molecule has 0 fully saturated rings. The fraction of sp³-hybridized carbons (Fsp3) is 0.375. The summed E-state index contributed by atoms with van der Waals surface area (Å²) in [6.07, 6.45) is 3.54. The molecule has 0 spiro atoms.